The van der Waals surface area contributed by atoms with E-state index in [1.807, 2.05) is 0 Å². The van der Waals surface area contributed by atoms with Crippen LogP contribution in [0, 0.1) is 5.92 Å². The molecular formula is C8H15NO4. The minimum absolute atomic E-state index is 0.146. The Kier molecular flexibility index (Phi) is 3.24. The van der Waals surface area contributed by atoms with Gasteiger partial charge in [-0.1, -0.05) is 0 Å². The molecule has 1 rings (SSSR count). The van der Waals surface area contributed by atoms with Crippen LogP contribution in [0.15, 0.2) is 0 Å². The average molecular weight is 189 g/mol. The lowest BCUT2D eigenvalue weighted by Gasteiger charge is -2.38. The minimum Gasteiger partial charge on any atom is -0.396 e. The topological polar surface area (TPSA) is 81.0 Å². The fraction of sp³-hybridized carbons (Fsp3) is 0.875. The first kappa shape index (κ1) is 10.4. The number of carbonyl (C=O) groups is 1. The second-order valence-corrected chi connectivity index (χ2v) is 3.42. The lowest BCUT2D eigenvalue weighted by molar-refractivity contribution is -0.141. The molecule has 0 aromatic carbocycles. The van der Waals surface area contributed by atoms with Crippen molar-refractivity contribution in [2.45, 2.75) is 19.1 Å². The third kappa shape index (κ3) is 2.18. The zero-order valence-electron chi connectivity index (χ0n) is 7.55. The van der Waals surface area contributed by atoms with Crippen LogP contribution in [0.2, 0.25) is 0 Å². The molecule has 1 aliphatic heterocycles. The van der Waals surface area contributed by atoms with Crippen molar-refractivity contribution in [3.8, 4) is 0 Å². The van der Waals surface area contributed by atoms with E-state index in [0.29, 0.717) is 6.54 Å². The molecule has 76 valence electrons. The highest BCUT2D eigenvalue weighted by Crippen LogP contribution is 2.17. The fourth-order valence-corrected chi connectivity index (χ4v) is 1.54. The number of aliphatic hydroxyl groups excluding tert-OH is 3. The number of amides is 1. The van der Waals surface area contributed by atoms with E-state index in [4.69, 9.17) is 5.11 Å². The Morgan fingerprint density at radius 3 is 2.54 bits per heavy atom. The van der Waals surface area contributed by atoms with Crippen molar-refractivity contribution in [2.24, 2.45) is 5.92 Å². The number of β-amino-alcohol motifs (C(OH)–C–C–N with tert-alkyl or cyclic N) is 1. The van der Waals surface area contributed by atoms with E-state index in [1.54, 1.807) is 0 Å². The summed E-state index contributed by atoms with van der Waals surface area (Å²) in [7, 11) is 0. The molecule has 0 saturated carbocycles. The summed E-state index contributed by atoms with van der Waals surface area (Å²) in [5.74, 6) is -0.586. The minimum atomic E-state index is -0.949. The molecule has 1 amide bonds. The van der Waals surface area contributed by atoms with Crippen molar-refractivity contribution in [1.29, 1.82) is 0 Å². The van der Waals surface area contributed by atoms with E-state index in [0.717, 1.165) is 0 Å². The maximum absolute atomic E-state index is 11.0. The summed E-state index contributed by atoms with van der Waals surface area (Å²) in [4.78, 5) is 12.4. The number of rotatable bonds is 1. The molecule has 0 unspecified atom stereocenters. The van der Waals surface area contributed by atoms with E-state index >= 15 is 0 Å². The molecule has 1 heterocycles. The largest absolute Gasteiger partial charge is 0.396 e. The quantitative estimate of drug-likeness (QED) is 0.453. The van der Waals surface area contributed by atoms with Crippen LogP contribution in [0.1, 0.15) is 6.92 Å². The van der Waals surface area contributed by atoms with Gasteiger partial charge in [0.2, 0.25) is 5.91 Å². The van der Waals surface area contributed by atoms with Gasteiger partial charge in [0.1, 0.15) is 0 Å². The van der Waals surface area contributed by atoms with Gasteiger partial charge in [0.05, 0.1) is 18.8 Å². The van der Waals surface area contributed by atoms with Gasteiger partial charge in [0.25, 0.3) is 0 Å². The van der Waals surface area contributed by atoms with E-state index < -0.39 is 18.1 Å². The third-order valence-electron chi connectivity index (χ3n) is 2.42. The molecule has 13 heavy (non-hydrogen) atoms. The van der Waals surface area contributed by atoms with Crippen molar-refractivity contribution in [1.82, 2.24) is 4.90 Å². The third-order valence-corrected chi connectivity index (χ3v) is 2.42. The van der Waals surface area contributed by atoms with Crippen LogP contribution in [0.4, 0.5) is 0 Å². The van der Waals surface area contributed by atoms with E-state index in [-0.39, 0.29) is 19.1 Å². The summed E-state index contributed by atoms with van der Waals surface area (Å²) in [6, 6.07) is 0. The van der Waals surface area contributed by atoms with Crippen LogP contribution in [-0.4, -0.2) is 58.0 Å². The fourth-order valence-electron chi connectivity index (χ4n) is 1.54. The first-order valence-corrected chi connectivity index (χ1v) is 4.28. The summed E-state index contributed by atoms with van der Waals surface area (Å²) >= 11 is 0. The summed E-state index contributed by atoms with van der Waals surface area (Å²) < 4.78 is 0. The number of hydrogen-bond donors (Lipinski definition) is 3. The summed E-state index contributed by atoms with van der Waals surface area (Å²) in [6.07, 6.45) is -1.88. The van der Waals surface area contributed by atoms with E-state index in [9.17, 15) is 15.0 Å². The molecule has 0 radical (unpaired) electrons. The number of piperidine rings is 1. The van der Waals surface area contributed by atoms with Crippen molar-refractivity contribution < 1.29 is 20.1 Å². The number of carbonyl (C=O) groups excluding carboxylic acids is 1. The molecule has 3 N–H and O–H groups in total. The molecule has 3 atom stereocenters. The molecule has 0 bridgehead atoms. The number of hydrogen-bond acceptors (Lipinski definition) is 4. The maximum atomic E-state index is 11.0. The highest BCUT2D eigenvalue weighted by Gasteiger charge is 2.34. The Labute approximate surface area is 76.6 Å². The highest BCUT2D eigenvalue weighted by molar-refractivity contribution is 5.73. The van der Waals surface area contributed by atoms with Gasteiger partial charge in [0, 0.05) is 25.9 Å². The summed E-state index contributed by atoms with van der Waals surface area (Å²) in [5.41, 5.74) is 0. The van der Waals surface area contributed by atoms with Crippen LogP contribution in [0.3, 0.4) is 0 Å². The Balaban J connectivity index is 2.63. The van der Waals surface area contributed by atoms with Gasteiger partial charge in [0.15, 0.2) is 0 Å². The molecule has 0 aliphatic carbocycles. The van der Waals surface area contributed by atoms with Crippen molar-refractivity contribution >= 4 is 5.91 Å². The molecule has 5 heteroatoms. The standard InChI is InChI=1S/C8H15NO4/c1-5(11)9-2-6(4-10)8(13)7(12)3-9/h6-8,10,12-13H,2-4H2,1H3/t6-,7-,8-/m0/s1. The monoisotopic (exact) mass is 189 g/mol. The first-order chi connectivity index (χ1) is 6.06. The van der Waals surface area contributed by atoms with Gasteiger partial charge in [-0.15, -0.1) is 0 Å². The van der Waals surface area contributed by atoms with Crippen molar-refractivity contribution in [3.63, 3.8) is 0 Å². The molecule has 0 spiro atoms. The predicted octanol–water partition coefficient (Wildman–Crippen LogP) is -1.82. The summed E-state index contributed by atoms with van der Waals surface area (Å²) in [6.45, 7) is 1.64. The second kappa shape index (κ2) is 4.04. The van der Waals surface area contributed by atoms with Gasteiger partial charge in [-0.2, -0.15) is 0 Å². The number of likely N-dealkylation sites (tertiary alicyclic amines) is 1. The Morgan fingerprint density at radius 2 is 2.08 bits per heavy atom. The summed E-state index contributed by atoms with van der Waals surface area (Å²) in [5, 5.41) is 27.6. The molecule has 1 aliphatic rings. The van der Waals surface area contributed by atoms with Crippen LogP contribution in [0.5, 0.6) is 0 Å². The zero-order valence-corrected chi connectivity index (χ0v) is 7.55. The van der Waals surface area contributed by atoms with Gasteiger partial charge in [-0.05, 0) is 0 Å². The van der Waals surface area contributed by atoms with Crippen LogP contribution < -0.4 is 0 Å². The van der Waals surface area contributed by atoms with Crippen LogP contribution in [0.25, 0.3) is 0 Å². The van der Waals surface area contributed by atoms with Crippen LogP contribution >= 0.6 is 0 Å². The lowest BCUT2D eigenvalue weighted by atomic mass is 9.93. The highest BCUT2D eigenvalue weighted by atomic mass is 16.3. The molecular weight excluding hydrogens is 174 g/mol. The Morgan fingerprint density at radius 1 is 1.46 bits per heavy atom. The smallest absolute Gasteiger partial charge is 0.219 e. The van der Waals surface area contributed by atoms with Crippen molar-refractivity contribution in [3.05, 3.63) is 0 Å². The van der Waals surface area contributed by atoms with Crippen molar-refractivity contribution in [2.75, 3.05) is 19.7 Å². The molecule has 1 fully saturated rings. The molecule has 1 saturated heterocycles. The van der Waals surface area contributed by atoms with E-state index in [1.165, 1.54) is 11.8 Å². The van der Waals surface area contributed by atoms with Gasteiger partial charge < -0.3 is 20.2 Å². The predicted molar refractivity (Wildman–Crippen MR) is 44.8 cm³/mol. The molecule has 5 nitrogen and oxygen atoms in total. The first-order valence-electron chi connectivity index (χ1n) is 4.28. The van der Waals surface area contributed by atoms with Gasteiger partial charge in [-0.25, -0.2) is 0 Å². The molecule has 0 aromatic rings. The molecule has 0 aromatic heterocycles. The number of aliphatic hydroxyl groups is 3. The van der Waals surface area contributed by atoms with E-state index in [2.05, 4.69) is 0 Å². The Bertz CT molecular complexity index is 197. The average Bonchev–Trinajstić information content (AvgIpc) is 2.09. The SMILES string of the molecule is CC(=O)N1C[C@@H](CO)[C@H](O)[C@@H](O)C1. The second-order valence-electron chi connectivity index (χ2n) is 3.42. The maximum Gasteiger partial charge on any atom is 0.219 e. The number of nitrogens with zero attached hydrogens (tertiary/aromatic N) is 1. The van der Waals surface area contributed by atoms with Gasteiger partial charge in [-0.3, -0.25) is 4.79 Å². The van der Waals surface area contributed by atoms with Crippen LogP contribution in [-0.2, 0) is 4.79 Å². The zero-order chi connectivity index (χ0) is 10.0. The van der Waals surface area contributed by atoms with Gasteiger partial charge >= 0.3 is 0 Å². The normalized spacial score (nSPS) is 34.8. The lowest BCUT2D eigenvalue weighted by Crippen LogP contribution is -2.54. The Hall–Kier alpha value is -0.650.